The SMILES string of the molecule is O=[PH](O)OCCCCCS. The van der Waals surface area contributed by atoms with Crippen molar-refractivity contribution in [3.05, 3.63) is 0 Å². The van der Waals surface area contributed by atoms with Crippen LogP contribution in [0, 0.1) is 0 Å². The first kappa shape index (κ1) is 10.5. The molecule has 5 heteroatoms. The number of hydrogen-bond acceptors (Lipinski definition) is 3. The quantitative estimate of drug-likeness (QED) is 0.373. The first-order valence-electron chi connectivity index (χ1n) is 3.24. The molecule has 0 heterocycles. The van der Waals surface area contributed by atoms with Crippen molar-refractivity contribution < 1.29 is 14.0 Å². The van der Waals surface area contributed by atoms with Gasteiger partial charge in [0.05, 0.1) is 6.61 Å². The Morgan fingerprint density at radius 3 is 2.60 bits per heavy atom. The van der Waals surface area contributed by atoms with E-state index in [1.165, 1.54) is 0 Å². The lowest BCUT2D eigenvalue weighted by molar-refractivity contribution is 0.275. The number of thiol groups is 1. The molecule has 10 heavy (non-hydrogen) atoms. The molecule has 62 valence electrons. The Morgan fingerprint density at radius 2 is 2.10 bits per heavy atom. The summed E-state index contributed by atoms with van der Waals surface area (Å²) in [4.78, 5) is 8.22. The fourth-order valence-corrected chi connectivity index (χ4v) is 1.09. The van der Waals surface area contributed by atoms with Crippen LogP contribution >= 0.6 is 20.9 Å². The average Bonchev–Trinajstić information content (AvgIpc) is 1.87. The topological polar surface area (TPSA) is 46.5 Å². The van der Waals surface area contributed by atoms with Gasteiger partial charge in [-0.3, -0.25) is 4.57 Å². The van der Waals surface area contributed by atoms with E-state index in [4.69, 9.17) is 4.89 Å². The van der Waals surface area contributed by atoms with Crippen molar-refractivity contribution in [2.75, 3.05) is 12.4 Å². The minimum absolute atomic E-state index is 0.391. The van der Waals surface area contributed by atoms with E-state index in [2.05, 4.69) is 17.2 Å². The van der Waals surface area contributed by atoms with Crippen LogP contribution in [0.2, 0.25) is 0 Å². The van der Waals surface area contributed by atoms with Gasteiger partial charge in [0.25, 0.3) is 0 Å². The van der Waals surface area contributed by atoms with Crippen LogP contribution < -0.4 is 0 Å². The Kier molecular flexibility index (Phi) is 7.99. The lowest BCUT2D eigenvalue weighted by atomic mass is 10.3. The van der Waals surface area contributed by atoms with Crippen LogP contribution in [0.5, 0.6) is 0 Å². The Morgan fingerprint density at radius 1 is 1.40 bits per heavy atom. The van der Waals surface area contributed by atoms with Gasteiger partial charge in [0, 0.05) is 0 Å². The predicted molar refractivity (Wildman–Crippen MR) is 44.9 cm³/mol. The monoisotopic (exact) mass is 184 g/mol. The lowest BCUT2D eigenvalue weighted by Crippen LogP contribution is -1.86. The Balaban J connectivity index is 2.84. The van der Waals surface area contributed by atoms with Gasteiger partial charge in [-0.05, 0) is 18.6 Å². The highest BCUT2D eigenvalue weighted by molar-refractivity contribution is 7.80. The summed E-state index contributed by atoms with van der Waals surface area (Å²) in [6.45, 7) is 0.391. The molecule has 1 atom stereocenters. The third kappa shape index (κ3) is 8.50. The minimum atomic E-state index is -2.69. The summed E-state index contributed by atoms with van der Waals surface area (Å²) < 4.78 is 14.4. The van der Waals surface area contributed by atoms with Crippen LogP contribution in [-0.4, -0.2) is 17.3 Å². The zero-order valence-electron chi connectivity index (χ0n) is 5.75. The molecule has 0 amide bonds. The molecule has 1 N–H and O–H groups in total. The molecular weight excluding hydrogens is 171 g/mol. The van der Waals surface area contributed by atoms with E-state index in [1.54, 1.807) is 0 Å². The van der Waals surface area contributed by atoms with Gasteiger partial charge in [-0.2, -0.15) is 12.6 Å². The smallest absolute Gasteiger partial charge is 0.316 e. The molecule has 0 saturated heterocycles. The number of unbranched alkanes of at least 4 members (excludes halogenated alkanes) is 2. The van der Waals surface area contributed by atoms with E-state index >= 15 is 0 Å². The van der Waals surface area contributed by atoms with E-state index in [9.17, 15) is 4.57 Å². The second-order valence-electron chi connectivity index (χ2n) is 1.90. The maximum Gasteiger partial charge on any atom is 0.316 e. The van der Waals surface area contributed by atoms with Gasteiger partial charge < -0.3 is 9.42 Å². The van der Waals surface area contributed by atoms with Crippen molar-refractivity contribution in [2.24, 2.45) is 0 Å². The molecule has 0 aromatic heterocycles. The summed E-state index contributed by atoms with van der Waals surface area (Å²) in [7, 11) is -2.69. The fourth-order valence-electron chi connectivity index (χ4n) is 0.550. The van der Waals surface area contributed by atoms with Gasteiger partial charge in [0.1, 0.15) is 0 Å². The zero-order valence-corrected chi connectivity index (χ0v) is 7.64. The summed E-state index contributed by atoms with van der Waals surface area (Å²) in [6, 6.07) is 0. The average molecular weight is 184 g/mol. The molecule has 0 fully saturated rings. The second kappa shape index (κ2) is 7.61. The first-order chi connectivity index (χ1) is 4.77. The molecule has 3 nitrogen and oxygen atoms in total. The van der Waals surface area contributed by atoms with E-state index in [-0.39, 0.29) is 0 Å². The molecule has 1 unspecified atom stereocenters. The summed E-state index contributed by atoms with van der Waals surface area (Å²) in [5, 5.41) is 0. The maximum absolute atomic E-state index is 9.98. The van der Waals surface area contributed by atoms with E-state index < -0.39 is 8.25 Å². The minimum Gasteiger partial charge on any atom is -0.326 e. The van der Waals surface area contributed by atoms with Gasteiger partial charge in [0.2, 0.25) is 0 Å². The third-order valence-corrected chi connectivity index (χ3v) is 1.80. The van der Waals surface area contributed by atoms with Crippen LogP contribution in [0.3, 0.4) is 0 Å². The van der Waals surface area contributed by atoms with Crippen molar-refractivity contribution in [2.45, 2.75) is 19.3 Å². The van der Waals surface area contributed by atoms with Gasteiger partial charge in [-0.1, -0.05) is 6.42 Å². The second-order valence-corrected chi connectivity index (χ2v) is 3.17. The van der Waals surface area contributed by atoms with Crippen molar-refractivity contribution >= 4 is 20.9 Å². The molecule has 0 aliphatic carbocycles. The molecule has 0 rings (SSSR count). The highest BCUT2D eigenvalue weighted by Crippen LogP contribution is 2.14. The van der Waals surface area contributed by atoms with Gasteiger partial charge >= 0.3 is 8.25 Å². The van der Waals surface area contributed by atoms with Crippen LogP contribution in [-0.2, 0) is 9.09 Å². The number of rotatable bonds is 6. The summed E-state index contributed by atoms with van der Waals surface area (Å²) in [5.41, 5.74) is 0. The van der Waals surface area contributed by atoms with Crippen LogP contribution in [0.1, 0.15) is 19.3 Å². The lowest BCUT2D eigenvalue weighted by Gasteiger charge is -1.97. The van der Waals surface area contributed by atoms with Gasteiger partial charge in [-0.25, -0.2) is 0 Å². The Hall–Kier alpha value is 0.500. The highest BCUT2D eigenvalue weighted by Gasteiger charge is 1.91. The molecule has 0 bridgehead atoms. The van der Waals surface area contributed by atoms with Crippen molar-refractivity contribution in [3.8, 4) is 0 Å². The van der Waals surface area contributed by atoms with Gasteiger partial charge in [-0.15, -0.1) is 0 Å². The summed E-state index contributed by atoms with van der Waals surface area (Å²) >= 11 is 4.02. The van der Waals surface area contributed by atoms with Crippen molar-refractivity contribution in [3.63, 3.8) is 0 Å². The molecule has 0 aromatic carbocycles. The van der Waals surface area contributed by atoms with Crippen molar-refractivity contribution in [1.29, 1.82) is 0 Å². The molecule has 0 spiro atoms. The maximum atomic E-state index is 9.98. The first-order valence-corrected chi connectivity index (χ1v) is 5.13. The standard InChI is InChI=1S/C5H13O3PS/c6-9(7)8-4-2-1-3-5-10/h9-10H,1-5H2,(H,6,7). The van der Waals surface area contributed by atoms with Crippen LogP contribution in [0.15, 0.2) is 0 Å². The van der Waals surface area contributed by atoms with Crippen LogP contribution in [0.4, 0.5) is 0 Å². The fraction of sp³-hybridized carbons (Fsp3) is 1.00. The van der Waals surface area contributed by atoms with Gasteiger partial charge in [0.15, 0.2) is 0 Å². The molecule has 0 aliphatic rings. The molecule has 0 radical (unpaired) electrons. The predicted octanol–water partition coefficient (Wildman–Crippen LogP) is 1.49. The molecule has 0 aliphatic heterocycles. The van der Waals surface area contributed by atoms with E-state index in [1.807, 2.05) is 0 Å². The third-order valence-electron chi connectivity index (χ3n) is 1.03. The zero-order chi connectivity index (χ0) is 7.82. The van der Waals surface area contributed by atoms with Crippen LogP contribution in [0.25, 0.3) is 0 Å². The van der Waals surface area contributed by atoms with E-state index in [0.29, 0.717) is 6.61 Å². The Labute approximate surface area is 67.1 Å². The summed E-state index contributed by atoms with van der Waals surface area (Å²) in [6.07, 6.45) is 2.90. The Bertz CT molecular complexity index is 98.9. The molecule has 0 saturated carbocycles. The highest BCUT2D eigenvalue weighted by atomic mass is 32.1. The van der Waals surface area contributed by atoms with Crippen molar-refractivity contribution in [1.82, 2.24) is 0 Å². The number of hydrogen-bond donors (Lipinski definition) is 2. The molecule has 0 aromatic rings. The van der Waals surface area contributed by atoms with E-state index in [0.717, 1.165) is 25.0 Å². The largest absolute Gasteiger partial charge is 0.326 e. The molecular formula is C5H13O3PS. The normalized spacial score (nSPS) is 13.4. The summed E-state index contributed by atoms with van der Waals surface area (Å²) in [5.74, 6) is 0.869.